The van der Waals surface area contributed by atoms with E-state index in [4.69, 9.17) is 9.47 Å². The molecule has 1 saturated heterocycles. The SMILES string of the molecule is CN(C)CC1CSCCCN1S(=O)(=O)c1ccc2c(c1)OCCO2. The van der Waals surface area contributed by atoms with E-state index in [0.29, 0.717) is 31.3 Å². The number of hydrogen-bond donors (Lipinski definition) is 0. The van der Waals surface area contributed by atoms with E-state index in [0.717, 1.165) is 24.5 Å². The number of thioether (sulfide) groups is 1. The molecule has 0 radical (unpaired) electrons. The number of likely N-dealkylation sites (N-methyl/N-ethyl adjacent to an activating group) is 1. The molecule has 8 heteroatoms. The summed E-state index contributed by atoms with van der Waals surface area (Å²) in [6.07, 6.45) is 0.873. The molecule has 3 rings (SSSR count). The predicted molar refractivity (Wildman–Crippen MR) is 95.6 cm³/mol. The minimum Gasteiger partial charge on any atom is -0.486 e. The molecule has 0 bridgehead atoms. The van der Waals surface area contributed by atoms with Gasteiger partial charge in [0, 0.05) is 31.0 Å². The molecule has 6 nitrogen and oxygen atoms in total. The van der Waals surface area contributed by atoms with E-state index in [1.54, 1.807) is 22.5 Å². The molecule has 2 aliphatic heterocycles. The second-order valence-electron chi connectivity index (χ2n) is 6.27. The number of hydrogen-bond acceptors (Lipinski definition) is 6. The standard InChI is InChI=1S/C16H24N2O4S2/c1-17(2)11-13-12-23-9-3-6-18(13)24(19,20)14-4-5-15-16(10-14)22-8-7-21-15/h4-5,10,13H,3,6-9,11-12H2,1-2H3. The summed E-state index contributed by atoms with van der Waals surface area (Å²) in [7, 11) is 0.397. The second kappa shape index (κ2) is 7.51. The first-order chi connectivity index (χ1) is 11.5. The monoisotopic (exact) mass is 372 g/mol. The summed E-state index contributed by atoms with van der Waals surface area (Å²) in [5, 5.41) is 0. The Hall–Kier alpha value is -0.960. The second-order valence-corrected chi connectivity index (χ2v) is 9.31. The van der Waals surface area contributed by atoms with Crippen LogP contribution in [-0.2, 0) is 10.0 Å². The summed E-state index contributed by atoms with van der Waals surface area (Å²) in [6, 6.07) is 4.88. The third-order valence-electron chi connectivity index (χ3n) is 4.08. The Kier molecular flexibility index (Phi) is 5.59. The maximum Gasteiger partial charge on any atom is 0.243 e. The molecule has 0 spiro atoms. The summed E-state index contributed by atoms with van der Waals surface area (Å²) in [5.41, 5.74) is 0. The molecule has 1 atom stereocenters. The first-order valence-electron chi connectivity index (χ1n) is 8.12. The molecule has 2 heterocycles. The fourth-order valence-corrected chi connectivity index (χ4v) is 5.83. The van der Waals surface area contributed by atoms with Gasteiger partial charge < -0.3 is 14.4 Å². The topological polar surface area (TPSA) is 59.1 Å². The minimum absolute atomic E-state index is 0.0225. The molecule has 1 aromatic rings. The van der Waals surface area contributed by atoms with Gasteiger partial charge in [0.2, 0.25) is 10.0 Å². The zero-order chi connectivity index (χ0) is 17.2. The fourth-order valence-electron chi connectivity index (χ4n) is 3.01. The Morgan fingerprint density at radius 3 is 2.75 bits per heavy atom. The zero-order valence-electron chi connectivity index (χ0n) is 14.1. The van der Waals surface area contributed by atoms with Crippen LogP contribution >= 0.6 is 11.8 Å². The molecule has 0 aromatic heterocycles. The van der Waals surface area contributed by atoms with Crippen molar-refractivity contribution in [3.63, 3.8) is 0 Å². The molecule has 24 heavy (non-hydrogen) atoms. The Morgan fingerprint density at radius 1 is 1.25 bits per heavy atom. The highest BCUT2D eigenvalue weighted by Gasteiger charge is 2.33. The smallest absolute Gasteiger partial charge is 0.243 e. The molecule has 0 aliphatic carbocycles. The van der Waals surface area contributed by atoms with Crippen molar-refractivity contribution < 1.29 is 17.9 Å². The lowest BCUT2D eigenvalue weighted by Gasteiger charge is -2.31. The fraction of sp³-hybridized carbons (Fsp3) is 0.625. The maximum absolute atomic E-state index is 13.2. The first kappa shape index (κ1) is 17.8. The third kappa shape index (κ3) is 3.82. The number of nitrogens with zero attached hydrogens (tertiary/aromatic N) is 2. The molecular weight excluding hydrogens is 348 g/mol. The summed E-state index contributed by atoms with van der Waals surface area (Å²) in [6.45, 7) is 2.21. The molecule has 1 fully saturated rings. The van der Waals surface area contributed by atoms with Crippen molar-refractivity contribution in [2.24, 2.45) is 0 Å². The van der Waals surface area contributed by atoms with Crippen LogP contribution in [0.3, 0.4) is 0 Å². The van der Waals surface area contributed by atoms with Gasteiger partial charge in [0.1, 0.15) is 13.2 Å². The van der Waals surface area contributed by atoms with E-state index in [2.05, 4.69) is 0 Å². The van der Waals surface area contributed by atoms with Gasteiger partial charge in [0.15, 0.2) is 11.5 Å². The number of rotatable bonds is 4. The number of ether oxygens (including phenoxy) is 2. The van der Waals surface area contributed by atoms with Crippen molar-refractivity contribution in [3.8, 4) is 11.5 Å². The summed E-state index contributed by atoms with van der Waals surface area (Å²) in [5.74, 6) is 2.94. The molecule has 1 aromatic carbocycles. The van der Waals surface area contributed by atoms with Crippen LogP contribution in [0.4, 0.5) is 0 Å². The van der Waals surface area contributed by atoms with E-state index in [9.17, 15) is 8.42 Å². The van der Waals surface area contributed by atoms with Crippen molar-refractivity contribution in [3.05, 3.63) is 18.2 Å². The van der Waals surface area contributed by atoms with Gasteiger partial charge in [0.05, 0.1) is 4.90 Å². The molecule has 1 unspecified atom stereocenters. The molecule has 0 saturated carbocycles. The van der Waals surface area contributed by atoms with E-state index in [1.165, 1.54) is 0 Å². The number of benzene rings is 1. The van der Waals surface area contributed by atoms with Crippen LogP contribution in [0.25, 0.3) is 0 Å². The van der Waals surface area contributed by atoms with Crippen molar-refractivity contribution in [1.82, 2.24) is 9.21 Å². The van der Waals surface area contributed by atoms with E-state index >= 15 is 0 Å². The zero-order valence-corrected chi connectivity index (χ0v) is 15.7. The van der Waals surface area contributed by atoms with Gasteiger partial charge in [-0.1, -0.05) is 0 Å². The van der Waals surface area contributed by atoms with Crippen LogP contribution in [0.5, 0.6) is 11.5 Å². The first-order valence-corrected chi connectivity index (χ1v) is 10.7. The van der Waals surface area contributed by atoms with Crippen LogP contribution in [0.1, 0.15) is 6.42 Å². The lowest BCUT2D eigenvalue weighted by molar-refractivity contribution is 0.171. The van der Waals surface area contributed by atoms with Gasteiger partial charge in [-0.2, -0.15) is 16.1 Å². The van der Waals surface area contributed by atoms with Gasteiger partial charge in [-0.15, -0.1) is 0 Å². The van der Waals surface area contributed by atoms with Crippen molar-refractivity contribution in [2.45, 2.75) is 17.4 Å². The highest BCUT2D eigenvalue weighted by molar-refractivity contribution is 7.99. The largest absolute Gasteiger partial charge is 0.486 e. The molecule has 134 valence electrons. The van der Waals surface area contributed by atoms with Gasteiger partial charge in [-0.25, -0.2) is 8.42 Å². The average Bonchev–Trinajstić information content (AvgIpc) is 2.79. The van der Waals surface area contributed by atoms with Crippen molar-refractivity contribution in [1.29, 1.82) is 0 Å². The van der Waals surface area contributed by atoms with E-state index in [1.807, 2.05) is 30.8 Å². The summed E-state index contributed by atoms with van der Waals surface area (Å²) < 4.78 is 39.1. The van der Waals surface area contributed by atoms with Crippen LogP contribution in [0.2, 0.25) is 0 Å². The van der Waals surface area contributed by atoms with Crippen molar-refractivity contribution >= 4 is 21.8 Å². The molecule has 0 N–H and O–H groups in total. The Labute approximate surface area is 148 Å². The minimum atomic E-state index is -3.56. The maximum atomic E-state index is 13.2. The lowest BCUT2D eigenvalue weighted by Crippen LogP contribution is -2.46. The highest BCUT2D eigenvalue weighted by atomic mass is 32.2. The Morgan fingerprint density at radius 2 is 2.00 bits per heavy atom. The number of fused-ring (bicyclic) bond motifs is 1. The van der Waals surface area contributed by atoms with Crippen LogP contribution in [0, 0.1) is 0 Å². The molecule has 0 amide bonds. The van der Waals surface area contributed by atoms with Crippen molar-refractivity contribution in [2.75, 3.05) is 51.9 Å². The van der Waals surface area contributed by atoms with Crippen LogP contribution in [0.15, 0.2) is 23.1 Å². The predicted octanol–water partition coefficient (Wildman–Crippen LogP) is 1.52. The van der Waals surface area contributed by atoms with Crippen LogP contribution < -0.4 is 9.47 Å². The quantitative estimate of drug-likeness (QED) is 0.799. The normalized spacial score (nSPS) is 22.4. The van der Waals surface area contributed by atoms with E-state index < -0.39 is 10.0 Å². The van der Waals surface area contributed by atoms with Gasteiger partial charge >= 0.3 is 0 Å². The van der Waals surface area contributed by atoms with Gasteiger partial charge in [-0.05, 0) is 38.4 Å². The summed E-state index contributed by atoms with van der Waals surface area (Å²) >= 11 is 1.83. The average molecular weight is 373 g/mol. The Bertz CT molecular complexity index is 679. The van der Waals surface area contributed by atoms with Gasteiger partial charge in [0.25, 0.3) is 0 Å². The van der Waals surface area contributed by atoms with Gasteiger partial charge in [-0.3, -0.25) is 0 Å². The van der Waals surface area contributed by atoms with Crippen LogP contribution in [-0.4, -0.2) is 75.6 Å². The molecule has 2 aliphatic rings. The van der Waals surface area contributed by atoms with E-state index in [-0.39, 0.29) is 10.9 Å². The Balaban J connectivity index is 1.92. The lowest BCUT2D eigenvalue weighted by atomic mass is 10.3. The third-order valence-corrected chi connectivity index (χ3v) is 7.23. The highest BCUT2D eigenvalue weighted by Crippen LogP contribution is 2.34. The number of sulfonamides is 1. The molecular formula is C16H24N2O4S2. The summed E-state index contributed by atoms with van der Waals surface area (Å²) in [4.78, 5) is 2.32.